The zero-order valence-electron chi connectivity index (χ0n) is 9.83. The van der Waals surface area contributed by atoms with Crippen LogP contribution in [-0.2, 0) is 0 Å². The lowest BCUT2D eigenvalue weighted by Crippen LogP contribution is -2.04. The molecule has 0 saturated heterocycles. The molecule has 0 aliphatic rings. The van der Waals surface area contributed by atoms with Crippen LogP contribution >= 0.6 is 11.6 Å². The highest BCUT2D eigenvalue weighted by Gasteiger charge is 2.06. The van der Waals surface area contributed by atoms with Gasteiger partial charge in [-0.15, -0.1) is 11.6 Å². The Bertz CT molecular complexity index is 326. The van der Waals surface area contributed by atoms with Crippen LogP contribution in [0.15, 0.2) is 18.2 Å². The molecule has 1 unspecified atom stereocenters. The number of hydrogen-bond acceptors (Lipinski definition) is 3. The van der Waals surface area contributed by atoms with E-state index in [2.05, 4.69) is 0 Å². The normalized spacial score (nSPS) is 12.0. The fourth-order valence-corrected chi connectivity index (χ4v) is 1.32. The van der Waals surface area contributed by atoms with E-state index in [4.69, 9.17) is 25.8 Å². The van der Waals surface area contributed by atoms with Gasteiger partial charge in [0.25, 0.3) is 0 Å². The van der Waals surface area contributed by atoms with Gasteiger partial charge in [-0.1, -0.05) is 0 Å². The van der Waals surface area contributed by atoms with E-state index in [-0.39, 0.29) is 5.38 Å². The fraction of sp³-hybridized carbons (Fsp3) is 0.500. The van der Waals surface area contributed by atoms with E-state index in [1.165, 1.54) is 0 Å². The number of halogens is 1. The molecule has 3 nitrogen and oxygen atoms in total. The molecular weight excluding hydrogens is 228 g/mol. The number of ether oxygens (including phenoxy) is 3. The van der Waals surface area contributed by atoms with Crippen molar-refractivity contribution in [3.8, 4) is 17.2 Å². The maximum atomic E-state index is 5.84. The predicted molar refractivity (Wildman–Crippen MR) is 65.0 cm³/mol. The summed E-state index contributed by atoms with van der Waals surface area (Å²) < 4.78 is 15.9. The first-order valence-electron chi connectivity index (χ1n) is 5.16. The van der Waals surface area contributed by atoms with Crippen molar-refractivity contribution >= 4 is 11.6 Å². The molecule has 0 aliphatic heterocycles. The summed E-state index contributed by atoms with van der Waals surface area (Å²) >= 11 is 5.84. The van der Waals surface area contributed by atoms with Crippen molar-refractivity contribution in [3.63, 3.8) is 0 Å². The summed E-state index contributed by atoms with van der Waals surface area (Å²) in [5.74, 6) is 2.12. The molecule has 0 fully saturated rings. The van der Waals surface area contributed by atoms with Crippen LogP contribution in [0.5, 0.6) is 17.2 Å². The molecular formula is C12H17ClO3. The zero-order valence-corrected chi connectivity index (χ0v) is 10.6. The van der Waals surface area contributed by atoms with Crippen LogP contribution in [0.25, 0.3) is 0 Å². The maximum absolute atomic E-state index is 5.84. The van der Waals surface area contributed by atoms with Gasteiger partial charge in [0.1, 0.15) is 5.75 Å². The molecule has 0 bridgehead atoms. The Hall–Kier alpha value is -1.09. The first-order chi connectivity index (χ1) is 7.67. The van der Waals surface area contributed by atoms with E-state index in [1.54, 1.807) is 20.3 Å². The minimum Gasteiger partial charge on any atom is -0.497 e. The molecule has 0 aliphatic carbocycles. The Labute approximate surface area is 101 Å². The number of alkyl halides is 1. The number of rotatable bonds is 6. The van der Waals surface area contributed by atoms with Crippen molar-refractivity contribution in [1.29, 1.82) is 0 Å². The highest BCUT2D eigenvalue weighted by molar-refractivity contribution is 6.20. The summed E-state index contributed by atoms with van der Waals surface area (Å²) in [5, 5.41) is 0.108. The molecule has 0 spiro atoms. The van der Waals surface area contributed by atoms with Crippen molar-refractivity contribution in [1.82, 2.24) is 0 Å². The second kappa shape index (κ2) is 6.48. The average Bonchev–Trinajstić information content (AvgIpc) is 2.28. The Morgan fingerprint density at radius 2 is 1.94 bits per heavy atom. The molecule has 0 N–H and O–H groups in total. The first kappa shape index (κ1) is 13.0. The summed E-state index contributed by atoms with van der Waals surface area (Å²) in [4.78, 5) is 0. The van der Waals surface area contributed by atoms with E-state index < -0.39 is 0 Å². The summed E-state index contributed by atoms with van der Waals surface area (Å²) in [6.45, 7) is 2.50. The van der Waals surface area contributed by atoms with Crippen LogP contribution in [0.2, 0.25) is 0 Å². The monoisotopic (exact) mass is 244 g/mol. The standard InChI is InChI=1S/C12H17ClO3/c1-9(13)6-7-16-12-8-10(14-2)4-5-11(12)15-3/h4-5,8-9H,6-7H2,1-3H3. The van der Waals surface area contributed by atoms with Crippen molar-refractivity contribution in [3.05, 3.63) is 18.2 Å². The fourth-order valence-electron chi connectivity index (χ4n) is 1.23. The van der Waals surface area contributed by atoms with Gasteiger partial charge in [0.2, 0.25) is 0 Å². The van der Waals surface area contributed by atoms with Crippen LogP contribution in [0.1, 0.15) is 13.3 Å². The van der Waals surface area contributed by atoms with Crippen LogP contribution in [0.3, 0.4) is 0 Å². The van der Waals surface area contributed by atoms with E-state index >= 15 is 0 Å². The summed E-state index contributed by atoms with van der Waals surface area (Å²) in [7, 11) is 3.23. The van der Waals surface area contributed by atoms with Crippen LogP contribution in [-0.4, -0.2) is 26.2 Å². The van der Waals surface area contributed by atoms with Gasteiger partial charge >= 0.3 is 0 Å². The molecule has 0 radical (unpaired) electrons. The molecule has 1 rings (SSSR count). The van der Waals surface area contributed by atoms with Gasteiger partial charge in [-0.2, -0.15) is 0 Å². The minimum absolute atomic E-state index is 0.108. The van der Waals surface area contributed by atoms with Gasteiger partial charge < -0.3 is 14.2 Å². The second-order valence-corrected chi connectivity index (χ2v) is 4.18. The lowest BCUT2D eigenvalue weighted by Gasteiger charge is -2.12. The van der Waals surface area contributed by atoms with E-state index in [9.17, 15) is 0 Å². The van der Waals surface area contributed by atoms with Crippen molar-refractivity contribution in [2.75, 3.05) is 20.8 Å². The highest BCUT2D eigenvalue weighted by atomic mass is 35.5. The summed E-state index contributed by atoms with van der Waals surface area (Å²) in [5.41, 5.74) is 0. The Balaban J connectivity index is 2.67. The Morgan fingerprint density at radius 1 is 1.19 bits per heavy atom. The van der Waals surface area contributed by atoms with Crippen LogP contribution < -0.4 is 14.2 Å². The van der Waals surface area contributed by atoms with E-state index in [0.29, 0.717) is 18.1 Å². The van der Waals surface area contributed by atoms with Crippen LogP contribution in [0, 0.1) is 0 Å². The summed E-state index contributed by atoms with van der Waals surface area (Å²) in [6.07, 6.45) is 0.794. The smallest absolute Gasteiger partial charge is 0.164 e. The van der Waals surface area contributed by atoms with Crippen molar-refractivity contribution < 1.29 is 14.2 Å². The van der Waals surface area contributed by atoms with Crippen LogP contribution in [0.4, 0.5) is 0 Å². The van der Waals surface area contributed by atoms with Gasteiger partial charge in [-0.05, 0) is 25.5 Å². The SMILES string of the molecule is COc1ccc(OC)c(OCCC(C)Cl)c1. The van der Waals surface area contributed by atoms with Gasteiger partial charge in [-0.25, -0.2) is 0 Å². The average molecular weight is 245 g/mol. The number of hydrogen-bond donors (Lipinski definition) is 0. The number of benzene rings is 1. The molecule has 0 heterocycles. The van der Waals surface area contributed by atoms with Gasteiger partial charge in [0.05, 0.1) is 20.8 Å². The third kappa shape index (κ3) is 3.81. The van der Waals surface area contributed by atoms with Crippen molar-refractivity contribution in [2.24, 2.45) is 0 Å². The molecule has 90 valence electrons. The molecule has 1 aromatic rings. The Morgan fingerprint density at radius 3 is 2.50 bits per heavy atom. The van der Waals surface area contributed by atoms with Crippen molar-refractivity contribution in [2.45, 2.75) is 18.7 Å². The molecule has 0 saturated carbocycles. The molecule has 1 atom stereocenters. The predicted octanol–water partition coefficient (Wildman–Crippen LogP) is 3.10. The van der Waals surface area contributed by atoms with E-state index in [1.807, 2.05) is 19.1 Å². The highest BCUT2D eigenvalue weighted by Crippen LogP contribution is 2.31. The molecule has 16 heavy (non-hydrogen) atoms. The molecule has 1 aromatic carbocycles. The Kier molecular flexibility index (Phi) is 5.26. The zero-order chi connectivity index (χ0) is 12.0. The van der Waals surface area contributed by atoms with Gasteiger partial charge in [-0.3, -0.25) is 0 Å². The lowest BCUT2D eigenvalue weighted by atomic mass is 10.3. The number of methoxy groups -OCH3 is 2. The summed E-state index contributed by atoms with van der Waals surface area (Å²) in [6, 6.07) is 5.45. The first-order valence-corrected chi connectivity index (χ1v) is 5.60. The quantitative estimate of drug-likeness (QED) is 0.720. The molecule has 0 amide bonds. The molecule has 4 heteroatoms. The largest absolute Gasteiger partial charge is 0.497 e. The lowest BCUT2D eigenvalue weighted by molar-refractivity contribution is 0.287. The van der Waals surface area contributed by atoms with Gasteiger partial charge in [0.15, 0.2) is 11.5 Å². The minimum atomic E-state index is 0.108. The third-order valence-electron chi connectivity index (χ3n) is 2.14. The second-order valence-electron chi connectivity index (χ2n) is 3.43. The maximum Gasteiger partial charge on any atom is 0.164 e. The third-order valence-corrected chi connectivity index (χ3v) is 2.36. The van der Waals surface area contributed by atoms with Gasteiger partial charge in [0, 0.05) is 11.4 Å². The topological polar surface area (TPSA) is 27.7 Å². The van der Waals surface area contributed by atoms with E-state index in [0.717, 1.165) is 12.2 Å². The molecule has 0 aromatic heterocycles.